The molecule has 1 amide bonds. The van der Waals surface area contributed by atoms with E-state index in [1.807, 2.05) is 49.4 Å². The fourth-order valence-corrected chi connectivity index (χ4v) is 3.90. The predicted molar refractivity (Wildman–Crippen MR) is 123 cm³/mol. The van der Waals surface area contributed by atoms with Gasteiger partial charge in [-0.2, -0.15) is 0 Å². The van der Waals surface area contributed by atoms with Crippen LogP contribution in [0.5, 0.6) is 5.75 Å². The van der Waals surface area contributed by atoms with Crippen molar-refractivity contribution < 1.29 is 14.3 Å². The number of fused-ring (bicyclic) bond motifs is 1. The summed E-state index contributed by atoms with van der Waals surface area (Å²) < 4.78 is 12.2. The SMILES string of the molecule is CCOCCCn1c(SCC(=O)NCc2ccc(OC)cc2)nc2ccccc2c1=O. The van der Waals surface area contributed by atoms with Gasteiger partial charge >= 0.3 is 0 Å². The van der Waals surface area contributed by atoms with Crippen LogP contribution in [0.1, 0.15) is 18.9 Å². The molecule has 164 valence electrons. The smallest absolute Gasteiger partial charge is 0.262 e. The predicted octanol–water partition coefficient (Wildman–Crippen LogP) is 3.24. The van der Waals surface area contributed by atoms with Crippen molar-refractivity contribution in [2.24, 2.45) is 0 Å². The van der Waals surface area contributed by atoms with Gasteiger partial charge in [-0.05, 0) is 43.2 Å². The molecular formula is C23H27N3O4S. The summed E-state index contributed by atoms with van der Waals surface area (Å²) in [6, 6.07) is 14.8. The van der Waals surface area contributed by atoms with Crippen LogP contribution in [-0.2, 0) is 22.6 Å². The number of hydrogen-bond donors (Lipinski definition) is 1. The molecule has 0 saturated heterocycles. The molecule has 0 aliphatic heterocycles. The van der Waals surface area contributed by atoms with Gasteiger partial charge in [0.05, 0.1) is 23.8 Å². The third-order valence-corrected chi connectivity index (χ3v) is 5.66. The first kappa shape index (κ1) is 22.8. The number of aromatic nitrogens is 2. The number of hydrogen-bond acceptors (Lipinski definition) is 6. The van der Waals surface area contributed by atoms with Crippen molar-refractivity contribution in [2.75, 3.05) is 26.1 Å². The Bertz CT molecular complexity index is 1070. The first-order valence-corrected chi connectivity index (χ1v) is 11.2. The maximum Gasteiger partial charge on any atom is 0.262 e. The number of para-hydroxylation sites is 1. The second kappa shape index (κ2) is 11.5. The van der Waals surface area contributed by atoms with Gasteiger partial charge in [-0.1, -0.05) is 36.0 Å². The Balaban J connectivity index is 1.67. The molecule has 2 aromatic carbocycles. The molecule has 3 aromatic rings. The number of carbonyl (C=O) groups excluding carboxylic acids is 1. The van der Waals surface area contributed by atoms with Crippen LogP contribution in [0, 0.1) is 0 Å². The molecule has 0 saturated carbocycles. The van der Waals surface area contributed by atoms with Crippen molar-refractivity contribution in [3.05, 3.63) is 64.4 Å². The first-order valence-electron chi connectivity index (χ1n) is 10.2. The Morgan fingerprint density at radius 2 is 1.94 bits per heavy atom. The van der Waals surface area contributed by atoms with E-state index in [0.29, 0.717) is 48.8 Å². The molecule has 0 radical (unpaired) electrons. The average molecular weight is 442 g/mol. The molecular weight excluding hydrogens is 414 g/mol. The second-order valence-corrected chi connectivity index (χ2v) is 7.77. The standard InChI is InChI=1S/C23H27N3O4S/c1-3-30-14-6-13-26-22(28)19-7-4-5-8-20(19)25-23(26)31-16-21(27)24-15-17-9-11-18(29-2)12-10-17/h4-5,7-12H,3,6,13-16H2,1-2H3,(H,24,27). The van der Waals surface area contributed by atoms with Crippen molar-refractivity contribution in [2.45, 2.75) is 31.6 Å². The van der Waals surface area contributed by atoms with E-state index in [9.17, 15) is 9.59 Å². The van der Waals surface area contributed by atoms with E-state index in [2.05, 4.69) is 10.3 Å². The van der Waals surface area contributed by atoms with Crippen LogP contribution < -0.4 is 15.6 Å². The molecule has 1 heterocycles. The van der Waals surface area contributed by atoms with Crippen LogP contribution in [0.15, 0.2) is 58.5 Å². The number of ether oxygens (including phenoxy) is 2. The topological polar surface area (TPSA) is 82.4 Å². The Hall–Kier alpha value is -2.84. The summed E-state index contributed by atoms with van der Waals surface area (Å²) in [5, 5.41) is 4.02. The highest BCUT2D eigenvalue weighted by atomic mass is 32.2. The Labute approximate surface area is 185 Å². The molecule has 31 heavy (non-hydrogen) atoms. The van der Waals surface area contributed by atoms with Gasteiger partial charge in [0.15, 0.2) is 5.16 Å². The third kappa shape index (κ3) is 6.32. The molecule has 0 aliphatic carbocycles. The van der Waals surface area contributed by atoms with Crippen molar-refractivity contribution in [1.82, 2.24) is 14.9 Å². The summed E-state index contributed by atoms with van der Waals surface area (Å²) in [4.78, 5) is 30.0. The van der Waals surface area contributed by atoms with Gasteiger partial charge in [0.2, 0.25) is 5.91 Å². The lowest BCUT2D eigenvalue weighted by atomic mass is 10.2. The lowest BCUT2D eigenvalue weighted by Gasteiger charge is -2.13. The van der Waals surface area contributed by atoms with Gasteiger partial charge in [-0.15, -0.1) is 0 Å². The molecule has 3 rings (SSSR count). The molecule has 1 aromatic heterocycles. The second-order valence-electron chi connectivity index (χ2n) is 6.83. The number of methoxy groups -OCH3 is 1. The van der Waals surface area contributed by atoms with E-state index in [1.165, 1.54) is 11.8 Å². The molecule has 7 nitrogen and oxygen atoms in total. The molecule has 0 spiro atoms. The molecule has 0 unspecified atom stereocenters. The minimum atomic E-state index is -0.121. The number of benzene rings is 2. The van der Waals surface area contributed by atoms with Crippen molar-refractivity contribution in [3.63, 3.8) is 0 Å². The molecule has 1 N–H and O–H groups in total. The maximum atomic E-state index is 13.0. The van der Waals surface area contributed by atoms with E-state index in [-0.39, 0.29) is 17.2 Å². The third-order valence-electron chi connectivity index (χ3n) is 4.68. The number of nitrogens with one attached hydrogen (secondary N) is 1. The summed E-state index contributed by atoms with van der Waals surface area (Å²) in [6.07, 6.45) is 0.699. The van der Waals surface area contributed by atoms with Crippen molar-refractivity contribution in [3.8, 4) is 5.75 Å². The van der Waals surface area contributed by atoms with E-state index in [0.717, 1.165) is 11.3 Å². The van der Waals surface area contributed by atoms with E-state index in [4.69, 9.17) is 9.47 Å². The summed E-state index contributed by atoms with van der Waals surface area (Å²) in [5.74, 6) is 0.825. The quantitative estimate of drug-likeness (QED) is 0.279. The fraction of sp³-hybridized carbons (Fsp3) is 0.348. The largest absolute Gasteiger partial charge is 0.497 e. The van der Waals surface area contributed by atoms with Gasteiger partial charge in [0.25, 0.3) is 5.56 Å². The van der Waals surface area contributed by atoms with E-state index >= 15 is 0 Å². The van der Waals surface area contributed by atoms with E-state index < -0.39 is 0 Å². The van der Waals surface area contributed by atoms with Crippen molar-refractivity contribution >= 4 is 28.6 Å². The lowest BCUT2D eigenvalue weighted by molar-refractivity contribution is -0.118. The number of carbonyl (C=O) groups is 1. The first-order chi connectivity index (χ1) is 15.1. The highest BCUT2D eigenvalue weighted by molar-refractivity contribution is 7.99. The maximum absolute atomic E-state index is 13.0. The van der Waals surface area contributed by atoms with Crippen LogP contribution in [0.3, 0.4) is 0 Å². The molecule has 0 fully saturated rings. The van der Waals surface area contributed by atoms with Gasteiger partial charge in [-0.3, -0.25) is 14.2 Å². The summed E-state index contributed by atoms with van der Waals surface area (Å²) >= 11 is 1.27. The van der Waals surface area contributed by atoms with Gasteiger partial charge < -0.3 is 14.8 Å². The lowest BCUT2D eigenvalue weighted by Crippen LogP contribution is -2.27. The number of amides is 1. The zero-order valence-electron chi connectivity index (χ0n) is 17.8. The monoisotopic (exact) mass is 441 g/mol. The van der Waals surface area contributed by atoms with Gasteiger partial charge in [-0.25, -0.2) is 4.98 Å². The highest BCUT2D eigenvalue weighted by Crippen LogP contribution is 2.18. The van der Waals surface area contributed by atoms with Crippen LogP contribution >= 0.6 is 11.8 Å². The highest BCUT2D eigenvalue weighted by Gasteiger charge is 2.13. The number of rotatable bonds is 11. The Kier molecular flexibility index (Phi) is 8.49. The van der Waals surface area contributed by atoms with Crippen LogP contribution in [0.25, 0.3) is 10.9 Å². The molecule has 0 atom stereocenters. The molecule has 8 heteroatoms. The minimum absolute atomic E-state index is 0.0942. The van der Waals surface area contributed by atoms with Crippen LogP contribution in [0.4, 0.5) is 0 Å². The number of thioether (sulfide) groups is 1. The van der Waals surface area contributed by atoms with E-state index in [1.54, 1.807) is 17.7 Å². The fourth-order valence-electron chi connectivity index (χ4n) is 3.05. The molecule has 0 bridgehead atoms. The minimum Gasteiger partial charge on any atom is -0.497 e. The Morgan fingerprint density at radius 3 is 2.68 bits per heavy atom. The molecule has 0 aliphatic rings. The van der Waals surface area contributed by atoms with Gasteiger partial charge in [0, 0.05) is 26.3 Å². The van der Waals surface area contributed by atoms with Crippen molar-refractivity contribution in [1.29, 1.82) is 0 Å². The zero-order valence-corrected chi connectivity index (χ0v) is 18.6. The van der Waals surface area contributed by atoms with Crippen LogP contribution in [0.2, 0.25) is 0 Å². The van der Waals surface area contributed by atoms with Gasteiger partial charge in [0.1, 0.15) is 5.75 Å². The average Bonchev–Trinajstić information content (AvgIpc) is 2.80. The summed E-state index contributed by atoms with van der Waals surface area (Å²) in [7, 11) is 1.62. The summed E-state index contributed by atoms with van der Waals surface area (Å²) in [5.41, 5.74) is 1.52. The zero-order chi connectivity index (χ0) is 22.1. The Morgan fingerprint density at radius 1 is 1.16 bits per heavy atom. The summed E-state index contributed by atoms with van der Waals surface area (Å²) in [6.45, 7) is 4.07. The normalized spacial score (nSPS) is 10.9. The van der Waals surface area contributed by atoms with Crippen LogP contribution in [-0.4, -0.2) is 41.5 Å². The number of nitrogens with zero attached hydrogens (tertiary/aromatic N) is 2.